The lowest BCUT2D eigenvalue weighted by Gasteiger charge is -2.13. The third-order valence-electron chi connectivity index (χ3n) is 3.25. The minimum absolute atomic E-state index is 0.619. The van der Waals surface area contributed by atoms with Crippen molar-refractivity contribution in [3.63, 3.8) is 0 Å². The largest absolute Gasteiger partial charge is 0.0888 e. The first kappa shape index (κ1) is 12.6. The van der Waals surface area contributed by atoms with Crippen LogP contribution >= 0.6 is 15.9 Å². The standard InChI is InChI=1S/C16H19Br/c1-12(2)16(17)10-8-13-7-9-14-5-3-4-6-15(14)11-13/h3-7,9,11-12,16H,8,10H2,1-2H3. The lowest BCUT2D eigenvalue weighted by Crippen LogP contribution is -2.08. The fourth-order valence-electron chi connectivity index (χ4n) is 2.03. The van der Waals surface area contributed by atoms with Crippen LogP contribution in [0, 0.1) is 5.92 Å². The number of benzene rings is 2. The van der Waals surface area contributed by atoms with E-state index in [9.17, 15) is 0 Å². The van der Waals surface area contributed by atoms with Crippen LogP contribution in [0.2, 0.25) is 0 Å². The number of fused-ring (bicyclic) bond motifs is 1. The Morgan fingerprint density at radius 2 is 1.71 bits per heavy atom. The van der Waals surface area contributed by atoms with Crippen LogP contribution in [0.15, 0.2) is 42.5 Å². The van der Waals surface area contributed by atoms with Crippen LogP contribution in [-0.2, 0) is 6.42 Å². The molecule has 0 aliphatic carbocycles. The van der Waals surface area contributed by atoms with Gasteiger partial charge in [0.2, 0.25) is 0 Å². The van der Waals surface area contributed by atoms with Gasteiger partial charge in [-0.15, -0.1) is 0 Å². The molecule has 0 nitrogen and oxygen atoms in total. The van der Waals surface area contributed by atoms with Crippen molar-refractivity contribution in [2.24, 2.45) is 5.92 Å². The quantitative estimate of drug-likeness (QED) is 0.680. The molecule has 0 aliphatic heterocycles. The maximum Gasteiger partial charge on any atom is 0.0172 e. The van der Waals surface area contributed by atoms with Gasteiger partial charge in [0.1, 0.15) is 0 Å². The first-order valence-electron chi connectivity index (χ1n) is 6.28. The van der Waals surface area contributed by atoms with E-state index in [4.69, 9.17) is 0 Å². The Balaban J connectivity index is 2.09. The number of halogens is 1. The second kappa shape index (κ2) is 5.68. The van der Waals surface area contributed by atoms with Gasteiger partial charge in [-0.3, -0.25) is 0 Å². The van der Waals surface area contributed by atoms with Crippen molar-refractivity contribution in [1.82, 2.24) is 0 Å². The van der Waals surface area contributed by atoms with Gasteiger partial charge in [-0.25, -0.2) is 0 Å². The van der Waals surface area contributed by atoms with Gasteiger partial charge < -0.3 is 0 Å². The minimum Gasteiger partial charge on any atom is -0.0888 e. The molecule has 0 fully saturated rings. The molecule has 2 aromatic carbocycles. The van der Waals surface area contributed by atoms with Gasteiger partial charge in [0.05, 0.1) is 0 Å². The molecule has 0 N–H and O–H groups in total. The molecule has 90 valence electrons. The van der Waals surface area contributed by atoms with Gasteiger partial charge in [-0.1, -0.05) is 72.2 Å². The van der Waals surface area contributed by atoms with Crippen LogP contribution in [0.3, 0.4) is 0 Å². The van der Waals surface area contributed by atoms with Crippen molar-refractivity contribution in [1.29, 1.82) is 0 Å². The summed E-state index contributed by atoms with van der Waals surface area (Å²) >= 11 is 3.75. The average molecular weight is 291 g/mol. The summed E-state index contributed by atoms with van der Waals surface area (Å²) in [4.78, 5) is 0.619. The molecule has 2 rings (SSSR count). The highest BCUT2D eigenvalue weighted by molar-refractivity contribution is 9.09. The van der Waals surface area contributed by atoms with E-state index in [1.54, 1.807) is 0 Å². The molecular formula is C16H19Br. The fourth-order valence-corrected chi connectivity index (χ4v) is 2.26. The zero-order valence-electron chi connectivity index (χ0n) is 10.5. The van der Waals surface area contributed by atoms with E-state index in [1.807, 2.05) is 0 Å². The molecule has 0 aromatic heterocycles. The second-order valence-corrected chi connectivity index (χ2v) is 6.16. The SMILES string of the molecule is CC(C)C(Br)CCc1ccc2ccccc2c1. The van der Waals surface area contributed by atoms with E-state index in [2.05, 4.69) is 72.2 Å². The van der Waals surface area contributed by atoms with Gasteiger partial charge in [0, 0.05) is 4.83 Å². The first-order valence-corrected chi connectivity index (χ1v) is 7.20. The lowest BCUT2D eigenvalue weighted by molar-refractivity contribution is 0.582. The Labute approximate surface area is 112 Å². The maximum absolute atomic E-state index is 3.75. The van der Waals surface area contributed by atoms with E-state index in [0.717, 1.165) is 6.42 Å². The smallest absolute Gasteiger partial charge is 0.0172 e. The van der Waals surface area contributed by atoms with Gasteiger partial charge in [-0.05, 0) is 35.1 Å². The average Bonchev–Trinajstić information content (AvgIpc) is 2.35. The van der Waals surface area contributed by atoms with Crippen molar-refractivity contribution in [3.05, 3.63) is 48.0 Å². The number of hydrogen-bond acceptors (Lipinski definition) is 0. The molecule has 0 saturated carbocycles. The highest BCUT2D eigenvalue weighted by Crippen LogP contribution is 2.21. The highest BCUT2D eigenvalue weighted by atomic mass is 79.9. The summed E-state index contributed by atoms with van der Waals surface area (Å²) in [5, 5.41) is 2.68. The summed E-state index contributed by atoms with van der Waals surface area (Å²) in [6, 6.07) is 15.3. The second-order valence-electron chi connectivity index (χ2n) is 4.98. The topological polar surface area (TPSA) is 0 Å². The zero-order valence-corrected chi connectivity index (χ0v) is 12.1. The molecule has 1 unspecified atom stereocenters. The third-order valence-corrected chi connectivity index (χ3v) is 4.76. The summed E-state index contributed by atoms with van der Waals surface area (Å²) in [7, 11) is 0. The van der Waals surface area contributed by atoms with Crippen LogP contribution in [0.25, 0.3) is 10.8 Å². The van der Waals surface area contributed by atoms with E-state index >= 15 is 0 Å². The number of rotatable bonds is 4. The zero-order chi connectivity index (χ0) is 12.3. The Morgan fingerprint density at radius 1 is 1.00 bits per heavy atom. The highest BCUT2D eigenvalue weighted by Gasteiger charge is 2.08. The monoisotopic (exact) mass is 290 g/mol. The molecular weight excluding hydrogens is 272 g/mol. The molecule has 0 spiro atoms. The fraction of sp³-hybridized carbons (Fsp3) is 0.375. The van der Waals surface area contributed by atoms with Crippen LogP contribution in [-0.4, -0.2) is 4.83 Å². The number of hydrogen-bond donors (Lipinski definition) is 0. The summed E-state index contributed by atoms with van der Waals surface area (Å²) in [5.74, 6) is 0.704. The molecule has 2 aromatic rings. The van der Waals surface area contributed by atoms with Crippen molar-refractivity contribution in [2.75, 3.05) is 0 Å². The summed E-state index contributed by atoms with van der Waals surface area (Å²) < 4.78 is 0. The summed E-state index contributed by atoms with van der Waals surface area (Å²) in [6.07, 6.45) is 2.36. The Morgan fingerprint density at radius 3 is 2.41 bits per heavy atom. The molecule has 0 aliphatic rings. The van der Waals surface area contributed by atoms with Crippen LogP contribution in [0.5, 0.6) is 0 Å². The van der Waals surface area contributed by atoms with E-state index < -0.39 is 0 Å². The lowest BCUT2D eigenvalue weighted by atomic mass is 10.00. The van der Waals surface area contributed by atoms with Crippen LogP contribution < -0.4 is 0 Å². The molecule has 0 saturated heterocycles. The van der Waals surface area contributed by atoms with E-state index in [1.165, 1.54) is 22.8 Å². The van der Waals surface area contributed by atoms with Crippen molar-refractivity contribution < 1.29 is 0 Å². The molecule has 1 atom stereocenters. The molecule has 0 heterocycles. The summed E-state index contributed by atoms with van der Waals surface area (Å²) in [6.45, 7) is 4.53. The molecule has 17 heavy (non-hydrogen) atoms. The van der Waals surface area contributed by atoms with Gasteiger partial charge in [0.15, 0.2) is 0 Å². The predicted molar refractivity (Wildman–Crippen MR) is 79.8 cm³/mol. The number of alkyl halides is 1. The van der Waals surface area contributed by atoms with Crippen molar-refractivity contribution in [3.8, 4) is 0 Å². The minimum atomic E-state index is 0.619. The Hall–Kier alpha value is -0.820. The van der Waals surface area contributed by atoms with Crippen LogP contribution in [0.1, 0.15) is 25.8 Å². The molecule has 0 radical (unpaired) electrons. The van der Waals surface area contributed by atoms with E-state index in [0.29, 0.717) is 10.7 Å². The Kier molecular flexibility index (Phi) is 4.22. The van der Waals surface area contributed by atoms with Gasteiger partial charge >= 0.3 is 0 Å². The maximum atomic E-state index is 3.75. The van der Waals surface area contributed by atoms with Crippen molar-refractivity contribution >= 4 is 26.7 Å². The molecule has 0 bridgehead atoms. The van der Waals surface area contributed by atoms with Gasteiger partial charge in [0.25, 0.3) is 0 Å². The molecule has 1 heteroatoms. The first-order chi connectivity index (χ1) is 8.16. The normalized spacial score (nSPS) is 13.2. The molecule has 0 amide bonds. The predicted octanol–water partition coefficient (Wildman–Crippen LogP) is 5.19. The third kappa shape index (κ3) is 3.32. The van der Waals surface area contributed by atoms with Crippen LogP contribution in [0.4, 0.5) is 0 Å². The van der Waals surface area contributed by atoms with Crippen molar-refractivity contribution in [2.45, 2.75) is 31.5 Å². The Bertz CT molecular complexity index is 488. The summed E-state index contributed by atoms with van der Waals surface area (Å²) in [5.41, 5.74) is 1.44. The van der Waals surface area contributed by atoms with E-state index in [-0.39, 0.29) is 0 Å². The van der Waals surface area contributed by atoms with Gasteiger partial charge in [-0.2, -0.15) is 0 Å². The number of aryl methyl sites for hydroxylation is 1.